The van der Waals surface area contributed by atoms with E-state index in [1.807, 2.05) is 24.3 Å². The Bertz CT molecular complexity index is 590. The van der Waals surface area contributed by atoms with Gasteiger partial charge in [-0.3, -0.25) is 0 Å². The molecular weight excluding hydrogens is 275 g/mol. The van der Waals surface area contributed by atoms with Gasteiger partial charge in [0.05, 0.1) is 5.38 Å². The van der Waals surface area contributed by atoms with E-state index in [2.05, 4.69) is 18.2 Å². The highest BCUT2D eigenvalue weighted by molar-refractivity contribution is 6.31. The van der Waals surface area contributed by atoms with Crippen molar-refractivity contribution in [2.75, 3.05) is 0 Å². The molecule has 1 aliphatic carbocycles. The van der Waals surface area contributed by atoms with E-state index in [4.69, 9.17) is 23.2 Å². The number of halogens is 2. The highest BCUT2D eigenvalue weighted by Gasteiger charge is 2.15. The summed E-state index contributed by atoms with van der Waals surface area (Å²) >= 11 is 12.7. The summed E-state index contributed by atoms with van der Waals surface area (Å²) in [6.45, 7) is 0. The van der Waals surface area contributed by atoms with Crippen LogP contribution in [0.4, 0.5) is 0 Å². The lowest BCUT2D eigenvalue weighted by atomic mass is 10.00. The zero-order chi connectivity index (χ0) is 13.2. The second-order valence-electron chi connectivity index (χ2n) is 5.14. The van der Waals surface area contributed by atoms with Crippen molar-refractivity contribution in [3.05, 3.63) is 69.7 Å². The topological polar surface area (TPSA) is 0 Å². The maximum atomic E-state index is 6.56. The van der Waals surface area contributed by atoms with Gasteiger partial charge in [-0.15, -0.1) is 11.6 Å². The van der Waals surface area contributed by atoms with Gasteiger partial charge in [-0.25, -0.2) is 0 Å². The van der Waals surface area contributed by atoms with E-state index < -0.39 is 0 Å². The Morgan fingerprint density at radius 1 is 1.00 bits per heavy atom. The van der Waals surface area contributed by atoms with Gasteiger partial charge in [0.15, 0.2) is 0 Å². The van der Waals surface area contributed by atoms with Gasteiger partial charge in [0.1, 0.15) is 0 Å². The first-order valence-corrected chi connectivity index (χ1v) is 7.54. The van der Waals surface area contributed by atoms with Gasteiger partial charge in [-0.1, -0.05) is 48.0 Å². The number of alkyl halides is 1. The molecule has 3 rings (SSSR count). The maximum absolute atomic E-state index is 6.56. The van der Waals surface area contributed by atoms with E-state index in [0.717, 1.165) is 17.0 Å². The predicted octanol–water partition coefficient (Wildman–Crippen LogP) is 5.35. The zero-order valence-electron chi connectivity index (χ0n) is 10.7. The third kappa shape index (κ3) is 2.80. The fraction of sp³-hybridized carbons (Fsp3) is 0.294. The van der Waals surface area contributed by atoms with E-state index in [-0.39, 0.29) is 5.38 Å². The third-order valence-corrected chi connectivity index (χ3v) is 4.62. The molecule has 0 aliphatic heterocycles. The summed E-state index contributed by atoms with van der Waals surface area (Å²) in [5.41, 5.74) is 5.29. The zero-order valence-corrected chi connectivity index (χ0v) is 12.2. The number of benzene rings is 2. The van der Waals surface area contributed by atoms with E-state index in [9.17, 15) is 0 Å². The molecule has 0 spiro atoms. The van der Waals surface area contributed by atoms with Crippen LogP contribution < -0.4 is 0 Å². The van der Waals surface area contributed by atoms with E-state index >= 15 is 0 Å². The molecule has 0 saturated heterocycles. The number of aryl methyl sites for hydroxylation is 2. The Hall–Kier alpha value is -0.980. The Kier molecular flexibility index (Phi) is 3.81. The van der Waals surface area contributed by atoms with Crippen LogP contribution >= 0.6 is 23.2 Å². The van der Waals surface area contributed by atoms with Crippen molar-refractivity contribution in [3.8, 4) is 0 Å². The van der Waals surface area contributed by atoms with Crippen LogP contribution in [0, 0.1) is 0 Å². The Morgan fingerprint density at radius 2 is 1.79 bits per heavy atom. The van der Waals surface area contributed by atoms with Crippen molar-refractivity contribution < 1.29 is 0 Å². The van der Waals surface area contributed by atoms with E-state index in [1.54, 1.807) is 0 Å². The quantitative estimate of drug-likeness (QED) is 0.668. The molecule has 2 heteroatoms. The summed E-state index contributed by atoms with van der Waals surface area (Å²) < 4.78 is 0. The minimum Gasteiger partial charge on any atom is -0.117 e. The van der Waals surface area contributed by atoms with Crippen LogP contribution in [-0.2, 0) is 19.3 Å². The molecule has 0 N–H and O–H groups in total. The number of rotatable bonds is 3. The van der Waals surface area contributed by atoms with Gasteiger partial charge in [-0.2, -0.15) is 0 Å². The molecule has 1 atom stereocenters. The van der Waals surface area contributed by atoms with Crippen molar-refractivity contribution in [1.29, 1.82) is 0 Å². The second-order valence-corrected chi connectivity index (χ2v) is 6.08. The summed E-state index contributed by atoms with van der Waals surface area (Å²) in [6, 6.07) is 14.6. The molecule has 0 fully saturated rings. The lowest BCUT2D eigenvalue weighted by molar-refractivity contribution is 0.905. The van der Waals surface area contributed by atoms with Gasteiger partial charge < -0.3 is 0 Å². The lowest BCUT2D eigenvalue weighted by Gasteiger charge is -2.12. The van der Waals surface area contributed by atoms with Gasteiger partial charge in [0.2, 0.25) is 0 Å². The summed E-state index contributed by atoms with van der Waals surface area (Å²) in [5.74, 6) is 0. The van der Waals surface area contributed by atoms with E-state index in [0.29, 0.717) is 0 Å². The first kappa shape index (κ1) is 13.0. The largest absolute Gasteiger partial charge is 0.117 e. The second kappa shape index (κ2) is 5.56. The average Bonchev–Trinajstić information content (AvgIpc) is 2.88. The van der Waals surface area contributed by atoms with Crippen molar-refractivity contribution in [2.24, 2.45) is 0 Å². The monoisotopic (exact) mass is 290 g/mol. The SMILES string of the molecule is Clc1ccccc1CC(Cl)c1ccc2c(c1)CCC2. The molecule has 0 saturated carbocycles. The molecule has 0 aromatic heterocycles. The fourth-order valence-corrected chi connectivity index (χ4v) is 3.28. The molecule has 0 heterocycles. The summed E-state index contributed by atoms with van der Waals surface area (Å²) in [4.78, 5) is 0. The van der Waals surface area contributed by atoms with Crippen LogP contribution in [0.25, 0.3) is 0 Å². The maximum Gasteiger partial charge on any atom is 0.0626 e. The minimum atomic E-state index is -0.00852. The summed E-state index contributed by atoms with van der Waals surface area (Å²) in [5, 5.41) is 0.792. The fourth-order valence-electron chi connectivity index (χ4n) is 2.76. The molecule has 1 aliphatic rings. The van der Waals surface area contributed by atoms with Crippen molar-refractivity contribution >= 4 is 23.2 Å². The van der Waals surface area contributed by atoms with E-state index in [1.165, 1.54) is 36.0 Å². The first-order chi connectivity index (χ1) is 9.24. The molecule has 2 aromatic carbocycles. The summed E-state index contributed by atoms with van der Waals surface area (Å²) in [7, 11) is 0. The average molecular weight is 291 g/mol. The third-order valence-electron chi connectivity index (χ3n) is 3.84. The Morgan fingerprint density at radius 3 is 2.63 bits per heavy atom. The molecule has 0 bridgehead atoms. The smallest absolute Gasteiger partial charge is 0.0626 e. The number of hydrogen-bond acceptors (Lipinski definition) is 0. The highest BCUT2D eigenvalue weighted by atomic mass is 35.5. The van der Waals surface area contributed by atoms with Crippen LogP contribution in [0.3, 0.4) is 0 Å². The number of hydrogen-bond donors (Lipinski definition) is 0. The van der Waals surface area contributed by atoms with Gasteiger partial charge in [-0.05, 0) is 54.0 Å². The molecule has 1 unspecified atom stereocenters. The Labute approximate surface area is 124 Å². The molecule has 19 heavy (non-hydrogen) atoms. The standard InChI is InChI=1S/C17H16Cl2/c18-16-7-2-1-4-14(16)11-17(19)15-9-8-12-5-3-6-13(12)10-15/h1-2,4,7-10,17H,3,5-6,11H2. The molecule has 98 valence electrons. The molecule has 0 radical (unpaired) electrons. The molecule has 2 aromatic rings. The van der Waals surface area contributed by atoms with Crippen LogP contribution in [-0.4, -0.2) is 0 Å². The number of fused-ring (bicyclic) bond motifs is 1. The first-order valence-electron chi connectivity index (χ1n) is 6.73. The van der Waals surface area contributed by atoms with Gasteiger partial charge in [0.25, 0.3) is 0 Å². The highest BCUT2D eigenvalue weighted by Crippen LogP contribution is 2.31. The van der Waals surface area contributed by atoms with Crippen LogP contribution in [0.5, 0.6) is 0 Å². The predicted molar refractivity (Wildman–Crippen MR) is 82.2 cm³/mol. The molecular formula is C17H16Cl2. The lowest BCUT2D eigenvalue weighted by Crippen LogP contribution is -1.98. The van der Waals surface area contributed by atoms with Crippen molar-refractivity contribution in [2.45, 2.75) is 31.1 Å². The van der Waals surface area contributed by atoms with Crippen molar-refractivity contribution in [3.63, 3.8) is 0 Å². The Balaban J connectivity index is 1.81. The normalized spacial score (nSPS) is 15.3. The van der Waals surface area contributed by atoms with Crippen LogP contribution in [0.15, 0.2) is 42.5 Å². The van der Waals surface area contributed by atoms with Gasteiger partial charge >= 0.3 is 0 Å². The minimum absolute atomic E-state index is 0.00852. The van der Waals surface area contributed by atoms with Crippen LogP contribution in [0.2, 0.25) is 5.02 Å². The molecule has 0 nitrogen and oxygen atoms in total. The van der Waals surface area contributed by atoms with Crippen LogP contribution in [0.1, 0.15) is 34.1 Å². The van der Waals surface area contributed by atoms with Gasteiger partial charge in [0, 0.05) is 5.02 Å². The van der Waals surface area contributed by atoms with Crippen molar-refractivity contribution in [1.82, 2.24) is 0 Å². The summed E-state index contributed by atoms with van der Waals surface area (Å²) in [6.07, 6.45) is 4.46. The molecule has 0 amide bonds.